The van der Waals surface area contributed by atoms with Gasteiger partial charge in [0.2, 0.25) is 0 Å². The first-order valence-electron chi connectivity index (χ1n) is 7.93. The lowest BCUT2D eigenvalue weighted by atomic mass is 10.3. The van der Waals surface area contributed by atoms with E-state index in [4.69, 9.17) is 4.74 Å². The van der Waals surface area contributed by atoms with Gasteiger partial charge in [0.15, 0.2) is 23.2 Å². The molecule has 0 fully saturated rings. The monoisotopic (exact) mass is 409 g/mol. The molecule has 0 spiro atoms. The highest BCUT2D eigenvalue weighted by molar-refractivity contribution is 7.92. The third-order valence-electron chi connectivity index (χ3n) is 3.73. The van der Waals surface area contributed by atoms with Crippen molar-refractivity contribution in [3.05, 3.63) is 71.3 Å². The molecule has 0 saturated heterocycles. The molecule has 1 N–H and O–H groups in total. The maximum atomic E-state index is 13.7. The van der Waals surface area contributed by atoms with Crippen molar-refractivity contribution in [2.24, 2.45) is 0 Å². The molecule has 0 radical (unpaired) electrons. The third kappa shape index (κ3) is 4.06. The fourth-order valence-corrected chi connectivity index (χ4v) is 3.53. The minimum Gasteiger partial charge on any atom is -0.421 e. The van der Waals surface area contributed by atoms with Gasteiger partial charge in [-0.2, -0.15) is 9.97 Å². The number of aromatic nitrogens is 2. The van der Waals surface area contributed by atoms with E-state index in [2.05, 4.69) is 14.7 Å². The predicted molar refractivity (Wildman–Crippen MR) is 95.1 cm³/mol. The van der Waals surface area contributed by atoms with Gasteiger partial charge in [0.25, 0.3) is 10.0 Å². The number of benzene rings is 2. The summed E-state index contributed by atoms with van der Waals surface area (Å²) in [7, 11) is -4.21. The van der Waals surface area contributed by atoms with Crippen LogP contribution in [0.15, 0.2) is 47.4 Å². The molecular formula is C18H14F3N3O3S. The molecule has 3 rings (SSSR count). The van der Waals surface area contributed by atoms with Crippen molar-refractivity contribution in [3.8, 4) is 11.8 Å². The summed E-state index contributed by atoms with van der Waals surface area (Å²) in [5.41, 5.74) is 0.445. The van der Waals surface area contributed by atoms with Crippen molar-refractivity contribution >= 4 is 15.7 Å². The number of anilines is 1. The molecule has 0 aliphatic rings. The Morgan fingerprint density at radius 3 is 2.14 bits per heavy atom. The lowest BCUT2D eigenvalue weighted by Gasteiger charge is -2.14. The number of sulfonamides is 1. The molecule has 0 aliphatic carbocycles. The van der Waals surface area contributed by atoms with E-state index < -0.39 is 32.4 Å². The van der Waals surface area contributed by atoms with Crippen LogP contribution in [0.1, 0.15) is 11.4 Å². The van der Waals surface area contributed by atoms with Crippen LogP contribution in [0.3, 0.4) is 0 Å². The van der Waals surface area contributed by atoms with Crippen LogP contribution in [0.5, 0.6) is 11.8 Å². The molecule has 10 heteroatoms. The Morgan fingerprint density at radius 1 is 0.893 bits per heavy atom. The number of aryl methyl sites for hydroxylation is 2. The molecular weight excluding hydrogens is 395 g/mol. The van der Waals surface area contributed by atoms with E-state index in [1.165, 1.54) is 32.0 Å². The second kappa shape index (κ2) is 7.47. The molecule has 1 heterocycles. The summed E-state index contributed by atoms with van der Waals surface area (Å²) in [4.78, 5) is 7.58. The summed E-state index contributed by atoms with van der Waals surface area (Å²) in [6, 6.07) is 7.71. The Morgan fingerprint density at radius 2 is 1.54 bits per heavy atom. The number of hydrogen-bond donors (Lipinski definition) is 1. The molecule has 0 aliphatic heterocycles. The summed E-state index contributed by atoms with van der Waals surface area (Å²) < 4.78 is 72.6. The topological polar surface area (TPSA) is 81.2 Å². The zero-order valence-corrected chi connectivity index (χ0v) is 15.5. The smallest absolute Gasteiger partial charge is 0.322 e. The largest absolute Gasteiger partial charge is 0.421 e. The van der Waals surface area contributed by atoms with Crippen molar-refractivity contribution in [2.75, 3.05) is 4.72 Å². The Kier molecular flexibility index (Phi) is 5.23. The lowest BCUT2D eigenvalue weighted by molar-refractivity contribution is 0.409. The highest BCUT2D eigenvalue weighted by atomic mass is 32.2. The number of hydrogen-bond acceptors (Lipinski definition) is 5. The zero-order chi connectivity index (χ0) is 20.5. The van der Waals surface area contributed by atoms with Gasteiger partial charge in [0.05, 0.1) is 22.0 Å². The highest BCUT2D eigenvalue weighted by Crippen LogP contribution is 2.27. The number of ether oxygens (including phenoxy) is 1. The fraction of sp³-hybridized carbons (Fsp3) is 0.111. The number of nitrogens with zero attached hydrogens (tertiary/aromatic N) is 2. The van der Waals surface area contributed by atoms with E-state index in [0.717, 1.165) is 6.07 Å². The van der Waals surface area contributed by atoms with E-state index in [0.29, 0.717) is 12.1 Å². The van der Waals surface area contributed by atoms with Crippen molar-refractivity contribution < 1.29 is 26.3 Å². The van der Waals surface area contributed by atoms with Crippen molar-refractivity contribution in [1.29, 1.82) is 0 Å². The molecule has 0 amide bonds. The van der Waals surface area contributed by atoms with Crippen LogP contribution >= 0.6 is 0 Å². The average Bonchev–Trinajstić information content (AvgIpc) is 2.62. The van der Waals surface area contributed by atoms with Crippen LogP contribution in [0.4, 0.5) is 18.9 Å². The Balaban J connectivity index is 1.90. The van der Waals surface area contributed by atoms with Crippen molar-refractivity contribution in [3.63, 3.8) is 0 Å². The zero-order valence-electron chi connectivity index (χ0n) is 14.7. The van der Waals surface area contributed by atoms with Gasteiger partial charge in [-0.15, -0.1) is 0 Å². The van der Waals surface area contributed by atoms with Crippen LogP contribution in [0.2, 0.25) is 0 Å². The van der Waals surface area contributed by atoms with Gasteiger partial charge < -0.3 is 4.74 Å². The van der Waals surface area contributed by atoms with E-state index in [1.54, 1.807) is 6.07 Å². The van der Waals surface area contributed by atoms with Crippen LogP contribution in [0, 0.1) is 31.3 Å². The number of nitrogens with one attached hydrogen (secondary N) is 1. The van der Waals surface area contributed by atoms with Gasteiger partial charge in [0, 0.05) is 0 Å². The molecule has 146 valence electrons. The van der Waals surface area contributed by atoms with Crippen LogP contribution < -0.4 is 9.46 Å². The molecule has 0 saturated carbocycles. The first-order chi connectivity index (χ1) is 13.2. The van der Waals surface area contributed by atoms with Crippen LogP contribution in [-0.4, -0.2) is 18.4 Å². The maximum Gasteiger partial charge on any atom is 0.322 e. The summed E-state index contributed by atoms with van der Waals surface area (Å²) in [5.74, 6) is -3.15. The molecule has 6 nitrogen and oxygen atoms in total. The molecule has 2 aromatic carbocycles. The highest BCUT2D eigenvalue weighted by Gasteiger charge is 2.20. The summed E-state index contributed by atoms with van der Waals surface area (Å²) in [6.07, 6.45) is 0. The van der Waals surface area contributed by atoms with E-state index in [9.17, 15) is 21.6 Å². The maximum absolute atomic E-state index is 13.7. The standard InChI is InChI=1S/C18H14F3N3O3S/c1-10-17(24-28(25,26)12-7-8-13(19)15(21)9-12)11(2)23-18(22-10)27-16-6-4-3-5-14(16)20/h3-9,24H,1-2H3. The quantitative estimate of drug-likeness (QED) is 0.686. The average molecular weight is 409 g/mol. The van der Waals surface area contributed by atoms with E-state index >= 15 is 0 Å². The predicted octanol–water partition coefficient (Wildman–Crippen LogP) is 4.10. The Bertz CT molecular complexity index is 1130. The first kappa shape index (κ1) is 19.6. The number of rotatable bonds is 5. The van der Waals surface area contributed by atoms with Gasteiger partial charge in [-0.05, 0) is 44.2 Å². The molecule has 0 atom stereocenters. The molecule has 0 bridgehead atoms. The van der Waals surface area contributed by atoms with E-state index in [-0.39, 0.29) is 28.8 Å². The molecule has 28 heavy (non-hydrogen) atoms. The van der Waals surface area contributed by atoms with Gasteiger partial charge in [0.1, 0.15) is 0 Å². The second-order valence-electron chi connectivity index (χ2n) is 5.77. The van der Waals surface area contributed by atoms with Crippen LogP contribution in [0.25, 0.3) is 0 Å². The van der Waals surface area contributed by atoms with Gasteiger partial charge >= 0.3 is 6.01 Å². The third-order valence-corrected chi connectivity index (χ3v) is 5.07. The first-order valence-corrected chi connectivity index (χ1v) is 9.41. The van der Waals surface area contributed by atoms with Crippen molar-refractivity contribution in [2.45, 2.75) is 18.7 Å². The Hall–Kier alpha value is -3.14. The normalized spacial score (nSPS) is 11.3. The second-order valence-corrected chi connectivity index (χ2v) is 7.45. The van der Waals surface area contributed by atoms with Gasteiger partial charge in [-0.1, -0.05) is 12.1 Å². The number of para-hydroxylation sites is 1. The summed E-state index contributed by atoms with van der Waals surface area (Å²) >= 11 is 0. The van der Waals surface area contributed by atoms with Gasteiger partial charge in [-0.3, -0.25) is 4.72 Å². The number of halogens is 3. The SMILES string of the molecule is Cc1nc(Oc2ccccc2F)nc(C)c1NS(=O)(=O)c1ccc(F)c(F)c1. The van der Waals surface area contributed by atoms with Gasteiger partial charge in [-0.25, -0.2) is 21.6 Å². The molecule has 3 aromatic rings. The minimum absolute atomic E-state index is 0.0469. The fourth-order valence-electron chi connectivity index (χ4n) is 2.34. The van der Waals surface area contributed by atoms with Crippen molar-refractivity contribution in [1.82, 2.24) is 9.97 Å². The van der Waals surface area contributed by atoms with Crippen LogP contribution in [-0.2, 0) is 10.0 Å². The Labute approximate surface area is 159 Å². The summed E-state index contributed by atoms with van der Waals surface area (Å²) in [6.45, 7) is 2.98. The molecule has 1 aromatic heterocycles. The summed E-state index contributed by atoms with van der Waals surface area (Å²) in [5, 5.41) is 0. The molecule has 0 unspecified atom stereocenters. The minimum atomic E-state index is -4.21. The van der Waals surface area contributed by atoms with E-state index in [1.807, 2.05) is 0 Å². The lowest BCUT2D eigenvalue weighted by Crippen LogP contribution is -2.16.